The normalized spacial score (nSPS) is 14.7. The molecule has 1 aliphatic rings. The topological polar surface area (TPSA) is 35.6 Å². The summed E-state index contributed by atoms with van der Waals surface area (Å²) >= 11 is 9.64. The van der Waals surface area contributed by atoms with Crippen molar-refractivity contribution in [1.29, 1.82) is 0 Å². The van der Waals surface area contributed by atoms with Crippen LogP contribution in [0.25, 0.3) is 0 Å². The Morgan fingerprint density at radius 2 is 1.78 bits per heavy atom. The molecule has 1 N–H and O–H groups in total. The molecule has 0 radical (unpaired) electrons. The van der Waals surface area contributed by atoms with Crippen LogP contribution < -0.4 is 10.2 Å². The van der Waals surface area contributed by atoms with E-state index in [0.29, 0.717) is 13.1 Å². The molecule has 0 spiro atoms. The van der Waals surface area contributed by atoms with Gasteiger partial charge in [0.2, 0.25) is 0 Å². The average molecular weight is 395 g/mol. The van der Waals surface area contributed by atoms with Gasteiger partial charge in [-0.2, -0.15) is 0 Å². The molecular formula is C17H17BrClN3O. The fraction of sp³-hybridized carbons (Fsp3) is 0.235. The van der Waals surface area contributed by atoms with Crippen LogP contribution in [-0.2, 0) is 0 Å². The third-order valence-electron chi connectivity index (χ3n) is 3.84. The quantitative estimate of drug-likeness (QED) is 0.816. The number of urea groups is 1. The van der Waals surface area contributed by atoms with Gasteiger partial charge in [0.1, 0.15) is 0 Å². The first-order valence-corrected chi connectivity index (χ1v) is 8.61. The molecule has 0 aromatic heterocycles. The summed E-state index contributed by atoms with van der Waals surface area (Å²) in [4.78, 5) is 16.4. The second kappa shape index (κ2) is 7.23. The number of amides is 2. The van der Waals surface area contributed by atoms with Crippen LogP contribution in [0.5, 0.6) is 0 Å². The van der Waals surface area contributed by atoms with Crippen molar-refractivity contribution in [1.82, 2.24) is 4.90 Å². The molecule has 4 nitrogen and oxygen atoms in total. The third kappa shape index (κ3) is 3.98. The fourth-order valence-electron chi connectivity index (χ4n) is 2.63. The lowest BCUT2D eigenvalue weighted by molar-refractivity contribution is 0.208. The molecule has 0 bridgehead atoms. The van der Waals surface area contributed by atoms with Crippen LogP contribution >= 0.6 is 27.5 Å². The Kier molecular flexibility index (Phi) is 5.08. The van der Waals surface area contributed by atoms with E-state index in [0.717, 1.165) is 34.0 Å². The Hall–Kier alpha value is -1.72. The number of rotatable bonds is 2. The second-order valence-electron chi connectivity index (χ2n) is 5.37. The molecule has 2 aromatic carbocycles. The summed E-state index contributed by atoms with van der Waals surface area (Å²) < 4.78 is 0.943. The van der Waals surface area contributed by atoms with Crippen molar-refractivity contribution in [2.45, 2.75) is 0 Å². The zero-order valence-corrected chi connectivity index (χ0v) is 14.8. The Bertz CT molecular complexity index is 702. The molecule has 1 aliphatic heterocycles. The summed E-state index contributed by atoms with van der Waals surface area (Å²) in [5, 5.41) is 3.68. The van der Waals surface area contributed by atoms with Gasteiger partial charge in [-0.3, -0.25) is 0 Å². The first kappa shape index (κ1) is 16.1. The Labute approximate surface area is 149 Å². The first-order chi connectivity index (χ1) is 11.1. The highest BCUT2D eigenvalue weighted by Crippen LogP contribution is 2.26. The van der Waals surface area contributed by atoms with E-state index in [1.54, 1.807) is 0 Å². The summed E-state index contributed by atoms with van der Waals surface area (Å²) in [5.74, 6) is 0. The van der Waals surface area contributed by atoms with Gasteiger partial charge < -0.3 is 15.1 Å². The van der Waals surface area contributed by atoms with Crippen molar-refractivity contribution in [3.05, 3.63) is 58.0 Å². The predicted octanol–water partition coefficient (Wildman–Crippen LogP) is 4.46. The van der Waals surface area contributed by atoms with Gasteiger partial charge in [0, 0.05) is 36.3 Å². The van der Waals surface area contributed by atoms with Gasteiger partial charge in [0.25, 0.3) is 0 Å². The maximum Gasteiger partial charge on any atom is 0.321 e. The largest absolute Gasteiger partial charge is 0.367 e. The molecule has 2 amide bonds. The number of hydrogen-bond acceptors (Lipinski definition) is 2. The molecule has 2 aromatic rings. The van der Waals surface area contributed by atoms with Gasteiger partial charge in [0.15, 0.2) is 0 Å². The van der Waals surface area contributed by atoms with Crippen LogP contribution in [0.3, 0.4) is 0 Å². The van der Waals surface area contributed by atoms with E-state index in [2.05, 4.69) is 26.1 Å². The molecule has 120 valence electrons. The smallest absolute Gasteiger partial charge is 0.321 e. The molecule has 0 aliphatic carbocycles. The van der Waals surface area contributed by atoms with E-state index in [-0.39, 0.29) is 6.03 Å². The number of carbonyl (C=O) groups is 1. The monoisotopic (exact) mass is 393 g/mol. The van der Waals surface area contributed by atoms with E-state index in [1.165, 1.54) is 0 Å². The maximum absolute atomic E-state index is 12.3. The minimum atomic E-state index is -0.0677. The highest BCUT2D eigenvalue weighted by molar-refractivity contribution is 9.10. The number of para-hydroxylation sites is 1. The number of hydrogen-bond donors (Lipinski definition) is 1. The van der Waals surface area contributed by atoms with E-state index in [9.17, 15) is 4.79 Å². The van der Waals surface area contributed by atoms with Crippen LogP contribution in [-0.4, -0.2) is 37.1 Å². The van der Waals surface area contributed by atoms with Crippen LogP contribution in [0.2, 0.25) is 5.02 Å². The average Bonchev–Trinajstić information content (AvgIpc) is 2.55. The molecular weight excluding hydrogens is 378 g/mol. The Morgan fingerprint density at radius 3 is 2.48 bits per heavy atom. The summed E-state index contributed by atoms with van der Waals surface area (Å²) in [5.41, 5.74) is 1.82. The Morgan fingerprint density at radius 1 is 1.04 bits per heavy atom. The summed E-state index contributed by atoms with van der Waals surface area (Å²) in [6.07, 6.45) is 0. The number of nitrogens with zero attached hydrogens (tertiary/aromatic N) is 2. The van der Waals surface area contributed by atoms with Gasteiger partial charge in [-0.05, 0) is 30.3 Å². The molecule has 0 atom stereocenters. The Balaban J connectivity index is 1.58. The summed E-state index contributed by atoms with van der Waals surface area (Å²) in [6, 6.07) is 15.3. The molecule has 0 unspecified atom stereocenters. The van der Waals surface area contributed by atoms with Crippen LogP contribution in [0.15, 0.2) is 53.0 Å². The zero-order chi connectivity index (χ0) is 16.2. The molecule has 3 rings (SSSR count). The predicted molar refractivity (Wildman–Crippen MR) is 98.4 cm³/mol. The van der Waals surface area contributed by atoms with E-state index < -0.39 is 0 Å². The summed E-state index contributed by atoms with van der Waals surface area (Å²) in [6.45, 7) is 2.89. The number of halogens is 2. The van der Waals surface area contributed by atoms with Crippen molar-refractivity contribution < 1.29 is 4.79 Å². The number of carbonyl (C=O) groups excluding carboxylic acids is 1. The van der Waals surface area contributed by atoms with Gasteiger partial charge in [-0.25, -0.2) is 4.79 Å². The zero-order valence-electron chi connectivity index (χ0n) is 12.5. The fourth-order valence-corrected chi connectivity index (χ4v) is 3.28. The standard InChI is InChI=1S/C17H17BrClN3O/c18-13-4-3-5-14(12-13)20-17(23)22-10-8-21(9-11-22)16-7-2-1-6-15(16)19/h1-7,12H,8-11H2,(H,20,23). The van der Waals surface area contributed by atoms with Crippen molar-refractivity contribution in [2.75, 3.05) is 36.4 Å². The van der Waals surface area contributed by atoms with Gasteiger partial charge in [0.05, 0.1) is 10.7 Å². The number of anilines is 2. The second-order valence-corrected chi connectivity index (χ2v) is 6.69. The molecule has 1 fully saturated rings. The number of nitrogens with one attached hydrogen (secondary N) is 1. The van der Waals surface area contributed by atoms with Crippen molar-refractivity contribution in [3.63, 3.8) is 0 Å². The van der Waals surface area contributed by atoms with E-state index in [4.69, 9.17) is 11.6 Å². The van der Waals surface area contributed by atoms with Crippen molar-refractivity contribution in [3.8, 4) is 0 Å². The first-order valence-electron chi connectivity index (χ1n) is 7.44. The lowest BCUT2D eigenvalue weighted by Gasteiger charge is -2.36. The maximum atomic E-state index is 12.3. The number of benzene rings is 2. The van der Waals surface area contributed by atoms with Crippen LogP contribution in [0.4, 0.5) is 16.2 Å². The highest BCUT2D eigenvalue weighted by Gasteiger charge is 2.22. The lowest BCUT2D eigenvalue weighted by atomic mass is 10.2. The SMILES string of the molecule is O=C(Nc1cccc(Br)c1)N1CCN(c2ccccc2Cl)CC1. The summed E-state index contributed by atoms with van der Waals surface area (Å²) in [7, 11) is 0. The van der Waals surface area contributed by atoms with E-state index >= 15 is 0 Å². The van der Waals surface area contributed by atoms with Crippen LogP contribution in [0, 0.1) is 0 Å². The van der Waals surface area contributed by atoms with Gasteiger partial charge in [-0.15, -0.1) is 0 Å². The van der Waals surface area contributed by atoms with Crippen molar-refractivity contribution >= 4 is 44.9 Å². The van der Waals surface area contributed by atoms with Gasteiger partial charge >= 0.3 is 6.03 Å². The molecule has 1 saturated heterocycles. The lowest BCUT2D eigenvalue weighted by Crippen LogP contribution is -2.50. The minimum Gasteiger partial charge on any atom is -0.367 e. The minimum absolute atomic E-state index is 0.0677. The van der Waals surface area contributed by atoms with E-state index in [1.807, 2.05) is 53.4 Å². The van der Waals surface area contributed by atoms with Crippen molar-refractivity contribution in [2.24, 2.45) is 0 Å². The molecule has 6 heteroatoms. The molecule has 1 heterocycles. The third-order valence-corrected chi connectivity index (χ3v) is 4.65. The highest BCUT2D eigenvalue weighted by atomic mass is 79.9. The number of piperazine rings is 1. The van der Waals surface area contributed by atoms with Crippen LogP contribution in [0.1, 0.15) is 0 Å². The molecule has 23 heavy (non-hydrogen) atoms. The van der Waals surface area contributed by atoms with Gasteiger partial charge in [-0.1, -0.05) is 45.7 Å². The molecule has 0 saturated carbocycles.